The third-order valence-corrected chi connectivity index (χ3v) is 4.33. The van der Waals surface area contributed by atoms with Crippen LogP contribution in [0.1, 0.15) is 5.56 Å². The first-order valence-electron chi connectivity index (χ1n) is 7.37. The fraction of sp³-hybridized carbons (Fsp3) is 0.105. The van der Waals surface area contributed by atoms with E-state index >= 15 is 0 Å². The van der Waals surface area contributed by atoms with Crippen molar-refractivity contribution in [2.45, 2.75) is 6.04 Å². The van der Waals surface area contributed by atoms with Crippen molar-refractivity contribution in [1.82, 2.24) is 0 Å². The molecule has 1 aliphatic carbocycles. The highest BCUT2D eigenvalue weighted by Gasteiger charge is 2.36. The zero-order valence-corrected chi connectivity index (χ0v) is 12.7. The number of hydrazone groups is 1. The Hall–Kier alpha value is -2.32. The second kappa shape index (κ2) is 5.47. The average Bonchev–Trinajstić information content (AvgIpc) is 2.96. The summed E-state index contributed by atoms with van der Waals surface area (Å²) in [4.78, 5) is 0. The van der Waals surface area contributed by atoms with E-state index in [-0.39, 0.29) is 12.0 Å². The lowest BCUT2D eigenvalue weighted by molar-refractivity contribution is 0.696. The van der Waals surface area contributed by atoms with E-state index in [9.17, 15) is 0 Å². The Labute approximate surface area is 135 Å². The molecule has 0 N–H and O–H groups in total. The van der Waals surface area contributed by atoms with E-state index in [4.69, 9.17) is 16.7 Å². The number of para-hydroxylation sites is 1. The van der Waals surface area contributed by atoms with Crippen LogP contribution in [0.25, 0.3) is 0 Å². The number of fused-ring (bicyclic) bond motifs is 1. The molecule has 0 spiro atoms. The molecule has 2 aromatic rings. The summed E-state index contributed by atoms with van der Waals surface area (Å²) in [5.74, 6) is 0.270. The normalized spacial score (nSPS) is 22.6. The lowest BCUT2D eigenvalue weighted by atomic mass is 9.88. The van der Waals surface area contributed by atoms with Crippen molar-refractivity contribution in [3.05, 3.63) is 89.5 Å². The van der Waals surface area contributed by atoms with Crippen molar-refractivity contribution in [2.75, 3.05) is 5.01 Å². The Balaban J connectivity index is 1.78. The van der Waals surface area contributed by atoms with E-state index in [1.54, 1.807) is 0 Å². The van der Waals surface area contributed by atoms with Crippen LogP contribution in [0.3, 0.4) is 0 Å². The molecular formula is C19H15ClN2. The molecule has 1 heterocycles. The molecule has 0 saturated heterocycles. The Bertz CT molecular complexity index is 760. The summed E-state index contributed by atoms with van der Waals surface area (Å²) in [5.41, 5.74) is 3.32. The van der Waals surface area contributed by atoms with Crippen LogP contribution in [0.5, 0.6) is 0 Å². The Morgan fingerprint density at radius 1 is 0.864 bits per heavy atom. The smallest absolute Gasteiger partial charge is 0.0828 e. The van der Waals surface area contributed by atoms with Crippen molar-refractivity contribution in [2.24, 2.45) is 11.0 Å². The van der Waals surface area contributed by atoms with Crippen molar-refractivity contribution < 1.29 is 0 Å². The number of halogens is 1. The molecule has 2 aromatic carbocycles. The van der Waals surface area contributed by atoms with E-state index in [1.807, 2.05) is 42.5 Å². The predicted molar refractivity (Wildman–Crippen MR) is 92.5 cm³/mol. The summed E-state index contributed by atoms with van der Waals surface area (Å²) < 4.78 is 0. The fourth-order valence-electron chi connectivity index (χ4n) is 3.01. The minimum absolute atomic E-state index is 0.234. The maximum Gasteiger partial charge on any atom is 0.0828 e. The quantitative estimate of drug-likeness (QED) is 0.787. The summed E-state index contributed by atoms with van der Waals surface area (Å²) in [5, 5.41) is 7.76. The summed E-state index contributed by atoms with van der Waals surface area (Å²) in [6.07, 6.45) is 8.63. The van der Waals surface area contributed by atoms with Gasteiger partial charge in [0.05, 0.1) is 17.4 Å². The van der Waals surface area contributed by atoms with Crippen LogP contribution in [-0.4, -0.2) is 11.8 Å². The zero-order valence-electron chi connectivity index (χ0n) is 11.9. The van der Waals surface area contributed by atoms with Crippen LogP contribution < -0.4 is 5.01 Å². The molecule has 2 nitrogen and oxygen atoms in total. The van der Waals surface area contributed by atoms with Gasteiger partial charge in [-0.2, -0.15) is 5.10 Å². The molecular weight excluding hydrogens is 292 g/mol. The molecule has 2 atom stereocenters. The minimum Gasteiger partial charge on any atom is -0.257 e. The third kappa shape index (κ3) is 2.26. The second-order valence-electron chi connectivity index (χ2n) is 5.46. The summed E-state index contributed by atoms with van der Waals surface area (Å²) in [6.45, 7) is 0. The number of nitrogens with zero attached hydrogens (tertiary/aromatic N) is 2. The molecule has 108 valence electrons. The average molecular weight is 307 g/mol. The molecule has 22 heavy (non-hydrogen) atoms. The topological polar surface area (TPSA) is 15.6 Å². The molecule has 0 fully saturated rings. The van der Waals surface area contributed by atoms with Gasteiger partial charge in [0.1, 0.15) is 0 Å². The van der Waals surface area contributed by atoms with E-state index in [2.05, 4.69) is 41.4 Å². The second-order valence-corrected chi connectivity index (χ2v) is 5.89. The molecule has 0 radical (unpaired) electrons. The monoisotopic (exact) mass is 306 g/mol. The largest absolute Gasteiger partial charge is 0.257 e. The lowest BCUT2D eigenvalue weighted by Gasteiger charge is -2.25. The Kier molecular flexibility index (Phi) is 3.32. The van der Waals surface area contributed by atoms with Crippen molar-refractivity contribution in [3.63, 3.8) is 0 Å². The van der Waals surface area contributed by atoms with Gasteiger partial charge in [-0.05, 0) is 29.8 Å². The number of benzene rings is 2. The van der Waals surface area contributed by atoms with Gasteiger partial charge in [-0.3, -0.25) is 5.01 Å². The highest BCUT2D eigenvalue weighted by Crippen LogP contribution is 2.34. The van der Waals surface area contributed by atoms with Crippen LogP contribution in [0.2, 0.25) is 5.02 Å². The van der Waals surface area contributed by atoms with Crippen LogP contribution in [0.15, 0.2) is 84.0 Å². The first-order valence-corrected chi connectivity index (χ1v) is 7.74. The number of hydrogen-bond donors (Lipinski definition) is 0. The number of hydrogen-bond acceptors (Lipinski definition) is 2. The Morgan fingerprint density at radius 2 is 1.59 bits per heavy atom. The van der Waals surface area contributed by atoms with Gasteiger partial charge in [0.15, 0.2) is 0 Å². The zero-order chi connectivity index (χ0) is 14.9. The predicted octanol–water partition coefficient (Wildman–Crippen LogP) is 4.68. The molecule has 0 aromatic heterocycles. The SMILES string of the molecule is Clc1ccc(C2=NN(c3ccccc3)[C@H]3C=CC=C[C@@H]23)cc1. The number of anilines is 1. The third-order valence-electron chi connectivity index (χ3n) is 4.08. The number of rotatable bonds is 2. The maximum absolute atomic E-state index is 6.00. The Morgan fingerprint density at radius 3 is 2.36 bits per heavy atom. The van der Waals surface area contributed by atoms with Gasteiger partial charge in [-0.1, -0.05) is 66.2 Å². The van der Waals surface area contributed by atoms with Gasteiger partial charge in [-0.15, -0.1) is 0 Å². The van der Waals surface area contributed by atoms with Crippen LogP contribution >= 0.6 is 11.6 Å². The van der Waals surface area contributed by atoms with Gasteiger partial charge in [0, 0.05) is 10.9 Å². The van der Waals surface area contributed by atoms with Gasteiger partial charge < -0.3 is 0 Å². The maximum atomic E-state index is 6.00. The summed E-state index contributed by atoms with van der Waals surface area (Å²) >= 11 is 6.00. The first-order chi connectivity index (χ1) is 10.8. The molecule has 4 rings (SSSR count). The summed E-state index contributed by atoms with van der Waals surface area (Å²) in [6, 6.07) is 18.5. The van der Waals surface area contributed by atoms with Crippen LogP contribution in [0, 0.1) is 5.92 Å². The summed E-state index contributed by atoms with van der Waals surface area (Å²) in [7, 11) is 0. The molecule has 1 aliphatic heterocycles. The molecule has 0 unspecified atom stereocenters. The van der Waals surface area contributed by atoms with Gasteiger partial charge in [-0.25, -0.2) is 0 Å². The van der Waals surface area contributed by atoms with E-state index in [0.717, 1.165) is 22.0 Å². The minimum atomic E-state index is 0.234. The van der Waals surface area contributed by atoms with Gasteiger partial charge in [0.25, 0.3) is 0 Å². The van der Waals surface area contributed by atoms with Crippen molar-refractivity contribution in [3.8, 4) is 0 Å². The molecule has 0 amide bonds. The van der Waals surface area contributed by atoms with E-state index in [1.165, 1.54) is 0 Å². The van der Waals surface area contributed by atoms with E-state index < -0.39 is 0 Å². The van der Waals surface area contributed by atoms with E-state index in [0.29, 0.717) is 0 Å². The highest BCUT2D eigenvalue weighted by atomic mass is 35.5. The van der Waals surface area contributed by atoms with Crippen molar-refractivity contribution in [1.29, 1.82) is 0 Å². The first kappa shape index (κ1) is 13.4. The number of allylic oxidation sites excluding steroid dienone is 2. The highest BCUT2D eigenvalue weighted by molar-refractivity contribution is 6.30. The van der Waals surface area contributed by atoms with Crippen LogP contribution in [0.4, 0.5) is 5.69 Å². The molecule has 0 bridgehead atoms. The fourth-order valence-corrected chi connectivity index (χ4v) is 3.14. The van der Waals surface area contributed by atoms with Gasteiger partial charge in [0.2, 0.25) is 0 Å². The van der Waals surface area contributed by atoms with Crippen molar-refractivity contribution >= 4 is 23.0 Å². The lowest BCUT2D eigenvalue weighted by Crippen LogP contribution is -2.31. The molecule has 0 saturated carbocycles. The molecule has 2 aliphatic rings. The van der Waals surface area contributed by atoms with Crippen LogP contribution in [-0.2, 0) is 0 Å². The molecule has 3 heteroatoms. The standard InChI is InChI=1S/C19H15ClN2/c20-15-12-10-14(11-13-15)19-17-8-4-5-9-18(17)22(21-19)16-6-2-1-3-7-16/h1-13,17-18H/t17-,18+/m1/s1. The van der Waals surface area contributed by atoms with Gasteiger partial charge >= 0.3 is 0 Å².